The first-order valence-corrected chi connectivity index (χ1v) is 5.92. The van der Waals surface area contributed by atoms with Crippen LogP contribution < -0.4 is 0 Å². The van der Waals surface area contributed by atoms with Crippen LogP contribution in [-0.2, 0) is 0 Å². The van der Waals surface area contributed by atoms with E-state index in [4.69, 9.17) is 11.6 Å². The van der Waals surface area contributed by atoms with Crippen LogP contribution in [0.25, 0.3) is 0 Å². The van der Waals surface area contributed by atoms with Gasteiger partial charge in [0.15, 0.2) is 5.78 Å². The van der Waals surface area contributed by atoms with Gasteiger partial charge in [-0.3, -0.25) is 4.79 Å². The summed E-state index contributed by atoms with van der Waals surface area (Å²) >= 11 is 5.79. The van der Waals surface area contributed by atoms with Gasteiger partial charge in [-0.05, 0) is 42.7 Å². The summed E-state index contributed by atoms with van der Waals surface area (Å²) < 4.78 is 0. The molecule has 1 nitrogen and oxygen atoms in total. The number of carbonyl (C=O) groups is 1. The van der Waals surface area contributed by atoms with Gasteiger partial charge in [0.05, 0.1) is 0 Å². The van der Waals surface area contributed by atoms with E-state index < -0.39 is 0 Å². The van der Waals surface area contributed by atoms with Crippen molar-refractivity contribution in [3.63, 3.8) is 0 Å². The Kier molecular flexibility index (Phi) is 3.60. The Morgan fingerprint density at radius 1 is 1.18 bits per heavy atom. The highest BCUT2D eigenvalue weighted by Crippen LogP contribution is 2.21. The van der Waals surface area contributed by atoms with Crippen LogP contribution in [0.2, 0.25) is 5.02 Å². The molecule has 0 atom stereocenters. The van der Waals surface area contributed by atoms with Gasteiger partial charge in [0.1, 0.15) is 0 Å². The molecule has 0 N–H and O–H groups in total. The van der Waals surface area contributed by atoms with Gasteiger partial charge in [0.2, 0.25) is 0 Å². The van der Waals surface area contributed by atoms with E-state index in [1.54, 1.807) is 24.3 Å². The standard InChI is InChI=1S/C15H13ClO/c1-11(12-5-3-2-4-6-12)15(17)13-7-9-14(16)10-8-13/h3,5-10H,1-2,4H2. The molecule has 2 rings (SSSR count). The molecule has 1 aliphatic rings. The third kappa shape index (κ3) is 2.75. The average Bonchev–Trinajstić information content (AvgIpc) is 2.39. The molecule has 0 amide bonds. The van der Waals surface area contributed by atoms with Gasteiger partial charge in [-0.1, -0.05) is 36.4 Å². The number of benzene rings is 1. The van der Waals surface area contributed by atoms with Crippen LogP contribution in [0.4, 0.5) is 0 Å². The van der Waals surface area contributed by atoms with Gasteiger partial charge in [-0.25, -0.2) is 0 Å². The van der Waals surface area contributed by atoms with Crippen LogP contribution >= 0.6 is 11.6 Å². The summed E-state index contributed by atoms with van der Waals surface area (Å²) in [6, 6.07) is 6.88. The fraction of sp³-hybridized carbons (Fsp3) is 0.133. The van der Waals surface area contributed by atoms with E-state index in [-0.39, 0.29) is 5.78 Å². The molecule has 17 heavy (non-hydrogen) atoms. The number of hydrogen-bond donors (Lipinski definition) is 0. The summed E-state index contributed by atoms with van der Waals surface area (Å²) in [5.41, 5.74) is 2.10. The normalized spacial score (nSPS) is 14.3. The summed E-state index contributed by atoms with van der Waals surface area (Å²) in [5.74, 6) is -0.0422. The molecule has 1 aromatic carbocycles. The summed E-state index contributed by atoms with van der Waals surface area (Å²) in [6.45, 7) is 3.88. The first-order chi connectivity index (χ1) is 8.18. The van der Waals surface area contributed by atoms with E-state index in [0.29, 0.717) is 16.2 Å². The van der Waals surface area contributed by atoms with Crippen molar-refractivity contribution in [2.24, 2.45) is 0 Å². The summed E-state index contributed by atoms with van der Waals surface area (Å²) in [5, 5.41) is 0.629. The lowest BCUT2D eigenvalue weighted by molar-refractivity contribution is 0.103. The predicted octanol–water partition coefficient (Wildman–Crippen LogP) is 4.36. The molecule has 0 spiro atoms. The lowest BCUT2D eigenvalue weighted by atomic mass is 9.94. The Balaban J connectivity index is 2.20. The summed E-state index contributed by atoms with van der Waals surface area (Å²) in [4.78, 5) is 12.1. The maximum Gasteiger partial charge on any atom is 0.193 e. The highest BCUT2D eigenvalue weighted by molar-refractivity contribution is 6.30. The number of ketones is 1. The topological polar surface area (TPSA) is 17.1 Å². The molecule has 0 saturated heterocycles. The second-order valence-corrected chi connectivity index (χ2v) is 4.39. The molecule has 0 aromatic heterocycles. The van der Waals surface area contributed by atoms with Crippen molar-refractivity contribution in [3.8, 4) is 0 Å². The molecule has 0 unspecified atom stereocenters. The predicted molar refractivity (Wildman–Crippen MR) is 71.4 cm³/mol. The Bertz CT molecular complexity index is 506. The minimum Gasteiger partial charge on any atom is -0.289 e. The molecule has 1 aliphatic carbocycles. The zero-order valence-corrected chi connectivity index (χ0v) is 10.2. The fourth-order valence-corrected chi connectivity index (χ4v) is 1.87. The highest BCUT2D eigenvalue weighted by atomic mass is 35.5. The van der Waals surface area contributed by atoms with Crippen LogP contribution in [0.15, 0.2) is 60.2 Å². The van der Waals surface area contributed by atoms with E-state index in [9.17, 15) is 4.79 Å². The molecule has 0 bridgehead atoms. The fourth-order valence-electron chi connectivity index (χ4n) is 1.74. The third-order valence-electron chi connectivity index (χ3n) is 2.72. The first-order valence-electron chi connectivity index (χ1n) is 5.55. The number of rotatable bonds is 3. The van der Waals surface area contributed by atoms with E-state index in [1.807, 2.05) is 6.08 Å². The SMILES string of the molecule is C=C(C(=O)c1ccc(Cl)cc1)C1=CCCC=C1. The van der Waals surface area contributed by atoms with Crippen LogP contribution in [0, 0.1) is 0 Å². The van der Waals surface area contributed by atoms with Gasteiger partial charge in [-0.15, -0.1) is 0 Å². The number of allylic oxidation sites excluding steroid dienone is 5. The number of halogens is 1. The van der Waals surface area contributed by atoms with E-state index in [2.05, 4.69) is 18.7 Å². The Labute approximate surface area is 106 Å². The van der Waals surface area contributed by atoms with Crippen LogP contribution in [0.1, 0.15) is 23.2 Å². The monoisotopic (exact) mass is 244 g/mol. The molecular weight excluding hydrogens is 232 g/mol. The van der Waals surface area contributed by atoms with E-state index in [0.717, 1.165) is 18.4 Å². The second kappa shape index (κ2) is 5.15. The molecule has 86 valence electrons. The van der Waals surface area contributed by atoms with Crippen molar-refractivity contribution in [3.05, 3.63) is 70.8 Å². The maximum atomic E-state index is 12.1. The third-order valence-corrected chi connectivity index (χ3v) is 2.98. The zero-order chi connectivity index (χ0) is 12.3. The molecular formula is C15H13ClO. The quantitative estimate of drug-likeness (QED) is 0.571. The molecule has 0 fully saturated rings. The average molecular weight is 245 g/mol. The smallest absolute Gasteiger partial charge is 0.193 e. The van der Waals surface area contributed by atoms with Crippen LogP contribution in [0.5, 0.6) is 0 Å². The highest BCUT2D eigenvalue weighted by Gasteiger charge is 2.13. The first kappa shape index (κ1) is 11.9. The molecule has 0 saturated carbocycles. The molecule has 1 aromatic rings. The molecule has 0 heterocycles. The van der Waals surface area contributed by atoms with Crippen LogP contribution in [0.3, 0.4) is 0 Å². The second-order valence-electron chi connectivity index (χ2n) is 3.95. The molecule has 0 aliphatic heterocycles. The Morgan fingerprint density at radius 2 is 1.88 bits per heavy atom. The van der Waals surface area contributed by atoms with Crippen molar-refractivity contribution in [2.45, 2.75) is 12.8 Å². The van der Waals surface area contributed by atoms with Crippen molar-refractivity contribution in [1.82, 2.24) is 0 Å². The van der Waals surface area contributed by atoms with Crippen molar-refractivity contribution in [2.75, 3.05) is 0 Å². The van der Waals surface area contributed by atoms with E-state index in [1.165, 1.54) is 0 Å². The Hall–Kier alpha value is -1.60. The minimum absolute atomic E-state index is 0.0422. The lowest BCUT2D eigenvalue weighted by Crippen LogP contribution is -2.04. The number of carbonyl (C=O) groups excluding carboxylic acids is 1. The van der Waals surface area contributed by atoms with Gasteiger partial charge in [-0.2, -0.15) is 0 Å². The lowest BCUT2D eigenvalue weighted by Gasteiger charge is -2.09. The van der Waals surface area contributed by atoms with E-state index >= 15 is 0 Å². The zero-order valence-electron chi connectivity index (χ0n) is 9.45. The maximum absolute atomic E-state index is 12.1. The largest absolute Gasteiger partial charge is 0.289 e. The Morgan fingerprint density at radius 3 is 2.47 bits per heavy atom. The summed E-state index contributed by atoms with van der Waals surface area (Å²) in [7, 11) is 0. The summed E-state index contributed by atoms with van der Waals surface area (Å²) in [6.07, 6.45) is 8.08. The number of Topliss-reactive ketones (excluding diaryl/α,β-unsaturated/α-hetero) is 1. The van der Waals surface area contributed by atoms with Crippen molar-refractivity contribution < 1.29 is 4.79 Å². The van der Waals surface area contributed by atoms with Crippen molar-refractivity contribution >= 4 is 17.4 Å². The number of hydrogen-bond acceptors (Lipinski definition) is 1. The minimum atomic E-state index is -0.0422. The molecule has 0 radical (unpaired) electrons. The van der Waals surface area contributed by atoms with Gasteiger partial charge in [0, 0.05) is 16.2 Å². The van der Waals surface area contributed by atoms with Crippen LogP contribution in [-0.4, -0.2) is 5.78 Å². The van der Waals surface area contributed by atoms with Gasteiger partial charge >= 0.3 is 0 Å². The van der Waals surface area contributed by atoms with Crippen molar-refractivity contribution in [1.29, 1.82) is 0 Å². The van der Waals surface area contributed by atoms with Gasteiger partial charge < -0.3 is 0 Å². The van der Waals surface area contributed by atoms with Gasteiger partial charge in [0.25, 0.3) is 0 Å². The molecule has 2 heteroatoms.